The first-order valence-electron chi connectivity index (χ1n) is 12.0. The van der Waals surface area contributed by atoms with E-state index in [1.54, 1.807) is 30.3 Å². The molecule has 0 unspecified atom stereocenters. The molecule has 1 heterocycles. The number of amides is 3. The summed E-state index contributed by atoms with van der Waals surface area (Å²) in [4.78, 5) is 39.7. The third-order valence-corrected chi connectivity index (χ3v) is 7.22. The van der Waals surface area contributed by atoms with Gasteiger partial charge in [0, 0.05) is 5.69 Å². The average Bonchev–Trinajstić information content (AvgIpc) is 3.20. The van der Waals surface area contributed by atoms with Gasteiger partial charge < -0.3 is 14.8 Å². The van der Waals surface area contributed by atoms with Crippen molar-refractivity contribution >= 4 is 63.0 Å². The lowest BCUT2D eigenvalue weighted by atomic mass is 10.0. The van der Waals surface area contributed by atoms with E-state index in [1.807, 2.05) is 60.7 Å². The molecule has 0 atom stereocenters. The maximum atomic E-state index is 13.2. The number of thioether (sulfide) groups is 1. The largest absolute Gasteiger partial charge is 0.493 e. The Bertz CT molecular complexity index is 1600. The number of benzene rings is 4. The molecule has 0 radical (unpaired) electrons. The summed E-state index contributed by atoms with van der Waals surface area (Å²) in [5.41, 5.74) is 2.08. The fourth-order valence-electron chi connectivity index (χ4n) is 4.21. The molecule has 9 heteroatoms. The molecule has 0 aromatic heterocycles. The number of para-hydroxylation sites is 1. The van der Waals surface area contributed by atoms with Crippen molar-refractivity contribution in [2.45, 2.75) is 6.54 Å². The Morgan fingerprint density at radius 1 is 1.00 bits per heavy atom. The number of carbonyl (C=O) groups is 3. The number of hydrogen-bond donors (Lipinski definition) is 1. The molecule has 4 aromatic rings. The highest BCUT2D eigenvalue weighted by molar-refractivity contribution is 8.18. The van der Waals surface area contributed by atoms with Crippen LogP contribution in [0.5, 0.6) is 11.5 Å². The minimum Gasteiger partial charge on any atom is -0.493 e. The lowest BCUT2D eigenvalue weighted by Gasteiger charge is -2.14. The standard InChI is InChI=1S/C30H23ClN2O5S/c1-37-25-15-19(14-24(31)28(25)38-18-27(34)32-22-11-3-2-4-12-22)16-26-29(35)33(30(36)39-26)17-21-10-7-9-20-8-5-6-13-23(20)21/h2-16H,17-18H2,1H3,(H,32,34)/b26-16+. The molecule has 1 saturated heterocycles. The molecule has 1 N–H and O–H groups in total. The summed E-state index contributed by atoms with van der Waals surface area (Å²) >= 11 is 7.33. The number of methoxy groups -OCH3 is 1. The van der Waals surface area contributed by atoms with Gasteiger partial charge >= 0.3 is 0 Å². The minimum absolute atomic E-state index is 0.172. The van der Waals surface area contributed by atoms with Crippen LogP contribution in [0.3, 0.4) is 0 Å². The summed E-state index contributed by atoms with van der Waals surface area (Å²) in [6, 6.07) is 25.9. The Morgan fingerprint density at radius 3 is 2.54 bits per heavy atom. The molecule has 0 spiro atoms. The molecular weight excluding hydrogens is 536 g/mol. The van der Waals surface area contributed by atoms with Gasteiger partial charge in [0.05, 0.1) is 23.6 Å². The minimum atomic E-state index is -0.383. The number of fused-ring (bicyclic) bond motifs is 1. The van der Waals surface area contributed by atoms with Crippen molar-refractivity contribution in [2.75, 3.05) is 19.0 Å². The van der Waals surface area contributed by atoms with Gasteiger partial charge in [0.25, 0.3) is 17.1 Å². The van der Waals surface area contributed by atoms with Crippen molar-refractivity contribution in [3.05, 3.63) is 106 Å². The highest BCUT2D eigenvalue weighted by Gasteiger charge is 2.35. The second kappa shape index (κ2) is 11.6. The van der Waals surface area contributed by atoms with Crippen LogP contribution in [0.15, 0.2) is 89.8 Å². The van der Waals surface area contributed by atoms with Gasteiger partial charge in [-0.3, -0.25) is 19.3 Å². The van der Waals surface area contributed by atoms with Crippen LogP contribution >= 0.6 is 23.4 Å². The number of halogens is 1. The fraction of sp³-hybridized carbons (Fsp3) is 0.100. The molecule has 0 saturated carbocycles. The van der Waals surface area contributed by atoms with Gasteiger partial charge in [-0.1, -0.05) is 72.3 Å². The van der Waals surface area contributed by atoms with Gasteiger partial charge in [0.1, 0.15) is 0 Å². The smallest absolute Gasteiger partial charge is 0.293 e. The normalized spacial score (nSPS) is 14.2. The van der Waals surface area contributed by atoms with Crippen molar-refractivity contribution in [1.29, 1.82) is 0 Å². The van der Waals surface area contributed by atoms with Crippen LogP contribution in [0, 0.1) is 0 Å². The molecule has 39 heavy (non-hydrogen) atoms. The maximum absolute atomic E-state index is 13.2. The molecule has 3 amide bonds. The molecule has 7 nitrogen and oxygen atoms in total. The van der Waals surface area contributed by atoms with Crippen molar-refractivity contribution in [2.24, 2.45) is 0 Å². The van der Waals surface area contributed by atoms with E-state index in [4.69, 9.17) is 21.1 Å². The number of hydrogen-bond acceptors (Lipinski definition) is 6. The van der Waals surface area contributed by atoms with Gasteiger partial charge in [-0.2, -0.15) is 0 Å². The summed E-state index contributed by atoms with van der Waals surface area (Å²) in [5.74, 6) is -0.256. The lowest BCUT2D eigenvalue weighted by Crippen LogP contribution is -2.27. The van der Waals surface area contributed by atoms with Crippen LogP contribution in [-0.2, 0) is 16.1 Å². The van der Waals surface area contributed by atoms with E-state index < -0.39 is 0 Å². The number of nitrogens with one attached hydrogen (secondary N) is 1. The van der Waals surface area contributed by atoms with Crippen LogP contribution in [0.25, 0.3) is 16.8 Å². The fourth-order valence-corrected chi connectivity index (χ4v) is 5.32. The number of anilines is 1. The van der Waals surface area contributed by atoms with E-state index in [2.05, 4.69) is 5.32 Å². The summed E-state index contributed by atoms with van der Waals surface area (Å²) in [6.07, 6.45) is 1.59. The van der Waals surface area contributed by atoms with E-state index in [0.29, 0.717) is 11.3 Å². The zero-order chi connectivity index (χ0) is 27.4. The van der Waals surface area contributed by atoms with Crippen molar-refractivity contribution in [3.8, 4) is 11.5 Å². The van der Waals surface area contributed by atoms with E-state index in [9.17, 15) is 14.4 Å². The summed E-state index contributed by atoms with van der Waals surface area (Å²) in [6.45, 7) is -0.108. The predicted molar refractivity (Wildman–Crippen MR) is 154 cm³/mol. The molecule has 1 fully saturated rings. The molecule has 1 aliphatic heterocycles. The number of imide groups is 1. The van der Waals surface area contributed by atoms with Gasteiger partial charge in [0.2, 0.25) is 0 Å². The molecule has 0 aliphatic carbocycles. The zero-order valence-electron chi connectivity index (χ0n) is 20.8. The van der Waals surface area contributed by atoms with E-state index in [-0.39, 0.29) is 51.6 Å². The number of rotatable bonds is 8. The van der Waals surface area contributed by atoms with Crippen LogP contribution in [-0.4, -0.2) is 35.7 Å². The average molecular weight is 559 g/mol. The van der Waals surface area contributed by atoms with Gasteiger partial charge in [-0.15, -0.1) is 0 Å². The first kappa shape index (κ1) is 26.3. The van der Waals surface area contributed by atoms with Gasteiger partial charge in [0.15, 0.2) is 18.1 Å². The van der Waals surface area contributed by atoms with Crippen LogP contribution in [0.4, 0.5) is 10.5 Å². The zero-order valence-corrected chi connectivity index (χ0v) is 22.4. The third-order valence-electron chi connectivity index (χ3n) is 6.04. The highest BCUT2D eigenvalue weighted by atomic mass is 35.5. The first-order chi connectivity index (χ1) is 18.9. The van der Waals surface area contributed by atoms with Crippen LogP contribution in [0.1, 0.15) is 11.1 Å². The van der Waals surface area contributed by atoms with E-state index in [1.165, 1.54) is 12.0 Å². The summed E-state index contributed by atoms with van der Waals surface area (Å²) in [7, 11) is 1.45. The topological polar surface area (TPSA) is 84.9 Å². The van der Waals surface area contributed by atoms with E-state index in [0.717, 1.165) is 28.1 Å². The molecule has 196 valence electrons. The van der Waals surface area contributed by atoms with Gasteiger partial charge in [-0.05, 0) is 64.0 Å². The Labute approximate surface area is 234 Å². The lowest BCUT2D eigenvalue weighted by molar-refractivity contribution is -0.123. The second-order valence-electron chi connectivity index (χ2n) is 8.64. The third kappa shape index (κ3) is 5.92. The second-order valence-corrected chi connectivity index (χ2v) is 10.0. The Morgan fingerprint density at radius 2 is 1.74 bits per heavy atom. The van der Waals surface area contributed by atoms with Crippen LogP contribution < -0.4 is 14.8 Å². The highest BCUT2D eigenvalue weighted by Crippen LogP contribution is 2.39. The molecule has 1 aliphatic rings. The maximum Gasteiger partial charge on any atom is 0.293 e. The van der Waals surface area contributed by atoms with E-state index >= 15 is 0 Å². The monoisotopic (exact) mass is 558 g/mol. The number of carbonyl (C=O) groups excluding carboxylic acids is 3. The summed E-state index contributed by atoms with van der Waals surface area (Å²) < 4.78 is 11.1. The molecule has 0 bridgehead atoms. The van der Waals surface area contributed by atoms with Crippen molar-refractivity contribution in [1.82, 2.24) is 4.90 Å². The first-order valence-corrected chi connectivity index (χ1v) is 13.2. The Hall–Kier alpha value is -4.27. The van der Waals surface area contributed by atoms with Gasteiger partial charge in [-0.25, -0.2) is 0 Å². The Balaban J connectivity index is 1.31. The number of nitrogens with zero attached hydrogens (tertiary/aromatic N) is 1. The predicted octanol–water partition coefficient (Wildman–Crippen LogP) is 6.76. The Kier molecular flexibility index (Phi) is 7.86. The molecular formula is C30H23ClN2O5S. The summed E-state index contributed by atoms with van der Waals surface area (Å²) in [5, 5.41) is 4.62. The number of ether oxygens (including phenoxy) is 2. The van der Waals surface area contributed by atoms with Crippen LogP contribution in [0.2, 0.25) is 5.02 Å². The molecule has 4 aromatic carbocycles. The SMILES string of the molecule is COc1cc(/C=C2/SC(=O)N(Cc3cccc4ccccc34)C2=O)cc(Cl)c1OCC(=O)Nc1ccccc1. The quantitative estimate of drug-likeness (QED) is 0.241. The molecule has 5 rings (SSSR count). The van der Waals surface area contributed by atoms with Crippen molar-refractivity contribution < 1.29 is 23.9 Å². The van der Waals surface area contributed by atoms with Crippen molar-refractivity contribution in [3.63, 3.8) is 0 Å².